The van der Waals surface area contributed by atoms with Crippen LogP contribution in [-0.2, 0) is 14.3 Å². The lowest BCUT2D eigenvalue weighted by molar-refractivity contribution is -0.136. The van der Waals surface area contributed by atoms with E-state index in [4.69, 9.17) is 4.74 Å². The van der Waals surface area contributed by atoms with Crippen molar-refractivity contribution in [1.82, 2.24) is 15.5 Å². The second-order valence-electron chi connectivity index (χ2n) is 10.9. The van der Waals surface area contributed by atoms with Gasteiger partial charge in [-0.3, -0.25) is 9.59 Å². The molecule has 0 radical (unpaired) electrons. The van der Waals surface area contributed by atoms with Gasteiger partial charge in [0.05, 0.1) is 0 Å². The van der Waals surface area contributed by atoms with E-state index in [1.807, 2.05) is 48.5 Å². The molecule has 2 aliphatic rings. The highest BCUT2D eigenvalue weighted by molar-refractivity contribution is 5.92. The van der Waals surface area contributed by atoms with E-state index in [1.54, 1.807) is 11.0 Å². The summed E-state index contributed by atoms with van der Waals surface area (Å²) >= 11 is 0. The van der Waals surface area contributed by atoms with Crippen LogP contribution in [-0.4, -0.2) is 52.1 Å². The van der Waals surface area contributed by atoms with Crippen molar-refractivity contribution in [1.29, 1.82) is 0 Å². The maximum atomic E-state index is 13.5. The van der Waals surface area contributed by atoms with Crippen LogP contribution < -0.4 is 10.6 Å². The lowest BCUT2D eigenvalue weighted by Crippen LogP contribution is -2.64. The molecule has 2 N–H and O–H groups in total. The standard InChI is InChI=1S/C23H39N3O4/c1-10-11-17-18-14(2)26(20(29)30-22(7,8)9)13-16(18)12-23(17,24-15(3)27)19(28)25-21(4,5)6/h10,14,16-18H,1,11-13H2,2-9H3,(H,24,27)(H,25,28)/t14?,16-,17-,18?,23?/m0/s1. The fraction of sp³-hybridized carbons (Fsp3) is 0.783. The molecule has 5 atom stereocenters. The number of nitrogens with one attached hydrogen (secondary N) is 2. The summed E-state index contributed by atoms with van der Waals surface area (Å²) in [5.74, 6) is -0.399. The lowest BCUT2D eigenvalue weighted by Gasteiger charge is -2.40. The summed E-state index contributed by atoms with van der Waals surface area (Å²) in [7, 11) is 0. The second-order valence-corrected chi connectivity index (χ2v) is 10.9. The van der Waals surface area contributed by atoms with Gasteiger partial charge in [0, 0.05) is 25.0 Å². The second kappa shape index (κ2) is 8.23. The zero-order valence-corrected chi connectivity index (χ0v) is 19.8. The third-order valence-corrected chi connectivity index (χ3v) is 6.05. The summed E-state index contributed by atoms with van der Waals surface area (Å²) < 4.78 is 5.60. The highest BCUT2D eigenvalue weighted by atomic mass is 16.6. The number of amides is 3. The molecule has 1 aliphatic heterocycles. The smallest absolute Gasteiger partial charge is 0.410 e. The third-order valence-electron chi connectivity index (χ3n) is 6.05. The van der Waals surface area contributed by atoms with E-state index >= 15 is 0 Å². The van der Waals surface area contributed by atoms with E-state index in [0.29, 0.717) is 19.4 Å². The SMILES string of the molecule is C=CC[C@H]1C2C(C)N(C(=O)OC(C)(C)C)C[C@@H]2CC1(NC(C)=O)C(=O)NC(C)(C)C. The topological polar surface area (TPSA) is 87.7 Å². The van der Waals surface area contributed by atoms with Crippen LogP contribution in [0.5, 0.6) is 0 Å². The molecule has 0 bridgehead atoms. The number of carbonyl (C=O) groups is 3. The average Bonchev–Trinajstić information content (AvgIpc) is 3.00. The van der Waals surface area contributed by atoms with Crippen molar-refractivity contribution >= 4 is 17.9 Å². The Bertz CT molecular complexity index is 706. The summed E-state index contributed by atoms with van der Waals surface area (Å²) in [6, 6.07) is -0.104. The molecule has 30 heavy (non-hydrogen) atoms. The van der Waals surface area contributed by atoms with Crippen molar-refractivity contribution in [2.24, 2.45) is 17.8 Å². The predicted octanol–water partition coefficient (Wildman–Crippen LogP) is 3.24. The molecule has 1 heterocycles. The molecule has 1 aliphatic carbocycles. The maximum Gasteiger partial charge on any atom is 0.410 e. The number of fused-ring (bicyclic) bond motifs is 1. The van der Waals surface area contributed by atoms with Gasteiger partial charge in [-0.2, -0.15) is 0 Å². The third kappa shape index (κ3) is 4.98. The molecule has 3 unspecified atom stereocenters. The molecular formula is C23H39N3O4. The van der Waals surface area contributed by atoms with Crippen LogP contribution in [0.25, 0.3) is 0 Å². The van der Waals surface area contributed by atoms with Gasteiger partial charge in [0.15, 0.2) is 0 Å². The van der Waals surface area contributed by atoms with Gasteiger partial charge >= 0.3 is 6.09 Å². The number of hydrogen-bond acceptors (Lipinski definition) is 4. The molecule has 1 saturated heterocycles. The fourth-order valence-corrected chi connectivity index (χ4v) is 5.23. The van der Waals surface area contributed by atoms with Crippen LogP contribution in [0.15, 0.2) is 12.7 Å². The molecule has 0 aromatic carbocycles. The van der Waals surface area contributed by atoms with Gasteiger partial charge in [0.2, 0.25) is 11.8 Å². The van der Waals surface area contributed by atoms with Gasteiger partial charge in [-0.25, -0.2) is 4.79 Å². The maximum absolute atomic E-state index is 13.5. The Kier molecular flexibility index (Phi) is 6.65. The van der Waals surface area contributed by atoms with Crippen LogP contribution >= 0.6 is 0 Å². The van der Waals surface area contributed by atoms with Gasteiger partial charge in [0.1, 0.15) is 11.1 Å². The highest BCUT2D eigenvalue weighted by Crippen LogP contribution is 2.53. The molecule has 170 valence electrons. The number of ether oxygens (including phenoxy) is 1. The van der Waals surface area contributed by atoms with Gasteiger partial charge < -0.3 is 20.3 Å². The van der Waals surface area contributed by atoms with Crippen LogP contribution in [0.3, 0.4) is 0 Å². The van der Waals surface area contributed by atoms with E-state index in [1.165, 1.54) is 6.92 Å². The highest BCUT2D eigenvalue weighted by Gasteiger charge is 2.63. The Morgan fingerprint density at radius 3 is 2.27 bits per heavy atom. The van der Waals surface area contributed by atoms with E-state index in [-0.39, 0.29) is 41.7 Å². The summed E-state index contributed by atoms with van der Waals surface area (Å²) in [5, 5.41) is 6.08. The van der Waals surface area contributed by atoms with Crippen molar-refractivity contribution in [3.05, 3.63) is 12.7 Å². The minimum atomic E-state index is -1.02. The Labute approximate surface area is 181 Å². The Morgan fingerprint density at radius 2 is 1.80 bits per heavy atom. The number of allylic oxidation sites excluding steroid dienone is 1. The number of nitrogens with zero attached hydrogens (tertiary/aromatic N) is 1. The first-order valence-electron chi connectivity index (χ1n) is 10.8. The molecule has 7 heteroatoms. The van der Waals surface area contributed by atoms with E-state index in [0.717, 1.165) is 0 Å². The molecule has 3 amide bonds. The minimum absolute atomic E-state index is 0.0630. The Balaban J connectivity index is 2.39. The molecule has 7 nitrogen and oxygen atoms in total. The normalized spacial score (nSPS) is 31.1. The minimum Gasteiger partial charge on any atom is -0.444 e. The quantitative estimate of drug-likeness (QED) is 0.682. The van der Waals surface area contributed by atoms with E-state index < -0.39 is 16.7 Å². The molecular weight excluding hydrogens is 382 g/mol. The first-order valence-corrected chi connectivity index (χ1v) is 10.8. The Hall–Kier alpha value is -2.05. The number of hydrogen-bond donors (Lipinski definition) is 2. The zero-order chi connectivity index (χ0) is 23.1. The number of likely N-dealkylation sites (tertiary alicyclic amines) is 1. The summed E-state index contributed by atoms with van der Waals surface area (Å²) in [4.78, 5) is 40.2. The van der Waals surface area contributed by atoms with Crippen LogP contribution in [0.1, 0.15) is 68.2 Å². The van der Waals surface area contributed by atoms with Crippen LogP contribution in [0.4, 0.5) is 4.79 Å². The number of carbonyl (C=O) groups excluding carboxylic acids is 3. The lowest BCUT2D eigenvalue weighted by atomic mass is 9.77. The molecule has 2 rings (SSSR count). The van der Waals surface area contributed by atoms with Crippen molar-refractivity contribution < 1.29 is 19.1 Å². The van der Waals surface area contributed by atoms with Crippen LogP contribution in [0.2, 0.25) is 0 Å². The summed E-state index contributed by atoms with van der Waals surface area (Å²) in [6.07, 6.45) is 2.54. The van der Waals surface area contributed by atoms with Crippen molar-refractivity contribution in [3.8, 4) is 0 Å². The first-order chi connectivity index (χ1) is 13.6. The molecule has 0 aromatic heterocycles. The van der Waals surface area contributed by atoms with Crippen molar-refractivity contribution in [2.45, 2.75) is 91.0 Å². The van der Waals surface area contributed by atoms with Gasteiger partial charge in [-0.05, 0) is 79.1 Å². The molecule has 1 saturated carbocycles. The van der Waals surface area contributed by atoms with Crippen molar-refractivity contribution in [2.75, 3.05) is 6.54 Å². The average molecular weight is 422 g/mol. The van der Waals surface area contributed by atoms with Crippen LogP contribution in [0, 0.1) is 17.8 Å². The largest absolute Gasteiger partial charge is 0.444 e. The monoisotopic (exact) mass is 421 g/mol. The summed E-state index contributed by atoms with van der Waals surface area (Å²) in [6.45, 7) is 19.2. The number of rotatable bonds is 4. The fourth-order valence-electron chi connectivity index (χ4n) is 5.23. The molecule has 0 aromatic rings. The van der Waals surface area contributed by atoms with Gasteiger partial charge in [-0.15, -0.1) is 6.58 Å². The van der Waals surface area contributed by atoms with Crippen molar-refractivity contribution in [3.63, 3.8) is 0 Å². The van der Waals surface area contributed by atoms with Gasteiger partial charge in [-0.1, -0.05) is 6.08 Å². The van der Waals surface area contributed by atoms with E-state index in [2.05, 4.69) is 17.2 Å². The predicted molar refractivity (Wildman–Crippen MR) is 117 cm³/mol. The Morgan fingerprint density at radius 1 is 1.20 bits per heavy atom. The van der Waals surface area contributed by atoms with E-state index in [9.17, 15) is 14.4 Å². The first kappa shape index (κ1) is 24.2. The summed E-state index contributed by atoms with van der Waals surface area (Å²) in [5.41, 5.74) is -2.01. The zero-order valence-electron chi connectivity index (χ0n) is 19.8. The van der Waals surface area contributed by atoms with Gasteiger partial charge in [0.25, 0.3) is 0 Å². The molecule has 0 spiro atoms. The molecule has 2 fully saturated rings.